The molecule has 0 fully saturated rings. The van der Waals surface area contributed by atoms with Crippen molar-refractivity contribution in [1.82, 2.24) is 4.90 Å². The van der Waals surface area contributed by atoms with Crippen molar-refractivity contribution >= 4 is 17.7 Å². The number of nitrogens with zero attached hydrogens (tertiary/aromatic N) is 2. The first-order chi connectivity index (χ1) is 16.1. The van der Waals surface area contributed by atoms with Crippen molar-refractivity contribution in [3.05, 3.63) is 53.6 Å². The second-order valence-corrected chi connectivity index (χ2v) is 9.60. The molecule has 2 atom stereocenters. The van der Waals surface area contributed by atoms with Crippen molar-refractivity contribution in [3.63, 3.8) is 0 Å². The number of carbonyl (C=O) groups is 2. The van der Waals surface area contributed by atoms with Crippen LogP contribution in [-0.2, 0) is 16.1 Å². The molecule has 7 nitrogen and oxygen atoms in total. The quantitative estimate of drug-likeness (QED) is 0.554. The predicted octanol–water partition coefficient (Wildman–Crippen LogP) is 5.57. The maximum absolute atomic E-state index is 13.5. The first-order valence-electron chi connectivity index (χ1n) is 11.7. The van der Waals surface area contributed by atoms with Crippen molar-refractivity contribution in [2.45, 2.75) is 59.7 Å². The van der Waals surface area contributed by atoms with Gasteiger partial charge in [-0.15, -0.1) is 0 Å². The molecule has 0 saturated heterocycles. The molecule has 0 bridgehead atoms. The molecular formula is C27H36N2O5. The highest BCUT2D eigenvalue weighted by atomic mass is 16.6. The molecule has 0 saturated carbocycles. The zero-order valence-corrected chi connectivity index (χ0v) is 21.3. The molecule has 7 heteroatoms. The van der Waals surface area contributed by atoms with Gasteiger partial charge in [0.05, 0.1) is 32.6 Å². The van der Waals surface area contributed by atoms with E-state index >= 15 is 0 Å². The maximum Gasteiger partial charge on any atom is 0.410 e. The van der Waals surface area contributed by atoms with E-state index in [-0.39, 0.29) is 30.7 Å². The van der Waals surface area contributed by atoms with Gasteiger partial charge in [-0.05, 0) is 31.9 Å². The minimum atomic E-state index is -0.573. The van der Waals surface area contributed by atoms with Gasteiger partial charge in [-0.25, -0.2) is 4.79 Å². The van der Waals surface area contributed by atoms with Crippen LogP contribution in [0.15, 0.2) is 42.5 Å². The Morgan fingerprint density at radius 3 is 2.24 bits per heavy atom. The molecule has 0 radical (unpaired) electrons. The lowest BCUT2D eigenvalue weighted by molar-refractivity contribution is -0.126. The highest BCUT2D eigenvalue weighted by Gasteiger charge is 2.42. The summed E-state index contributed by atoms with van der Waals surface area (Å²) < 4.78 is 16.6. The van der Waals surface area contributed by atoms with Gasteiger partial charge >= 0.3 is 6.09 Å². The SMILES string of the molecule is CCOC(=O)N(Cc1ccccc1)[C@@H]1C[C@H](C)N(C(=O)C(C)(C)C)c2cc(OC)c(OC)cc21. The predicted molar refractivity (Wildman–Crippen MR) is 132 cm³/mol. The summed E-state index contributed by atoms with van der Waals surface area (Å²) in [6.45, 7) is 10.2. The number of benzene rings is 2. The van der Waals surface area contributed by atoms with Crippen LogP contribution < -0.4 is 14.4 Å². The van der Waals surface area contributed by atoms with E-state index in [1.54, 1.807) is 26.0 Å². The van der Waals surface area contributed by atoms with Gasteiger partial charge < -0.3 is 19.1 Å². The first-order valence-corrected chi connectivity index (χ1v) is 11.7. The zero-order valence-electron chi connectivity index (χ0n) is 21.3. The van der Waals surface area contributed by atoms with Crippen molar-refractivity contribution in [2.75, 3.05) is 25.7 Å². The van der Waals surface area contributed by atoms with E-state index in [1.165, 1.54) is 0 Å². The van der Waals surface area contributed by atoms with Crippen LogP contribution in [0.3, 0.4) is 0 Å². The molecule has 0 aliphatic carbocycles. The van der Waals surface area contributed by atoms with Gasteiger partial charge in [-0.3, -0.25) is 9.69 Å². The van der Waals surface area contributed by atoms with Crippen molar-refractivity contribution < 1.29 is 23.8 Å². The van der Waals surface area contributed by atoms with E-state index in [0.29, 0.717) is 24.5 Å². The minimum Gasteiger partial charge on any atom is -0.493 e. The molecule has 0 aromatic heterocycles. The van der Waals surface area contributed by atoms with Crippen LogP contribution in [0, 0.1) is 5.41 Å². The molecule has 1 heterocycles. The fourth-order valence-corrected chi connectivity index (χ4v) is 4.41. The van der Waals surface area contributed by atoms with Gasteiger partial charge in [-0.2, -0.15) is 0 Å². The number of hydrogen-bond acceptors (Lipinski definition) is 5. The van der Waals surface area contributed by atoms with Crippen LogP contribution in [-0.4, -0.2) is 43.8 Å². The molecule has 0 unspecified atom stereocenters. The summed E-state index contributed by atoms with van der Waals surface area (Å²) in [5.41, 5.74) is 1.98. The second-order valence-electron chi connectivity index (χ2n) is 9.60. The summed E-state index contributed by atoms with van der Waals surface area (Å²) >= 11 is 0. The Labute approximate surface area is 202 Å². The highest BCUT2D eigenvalue weighted by Crippen LogP contribution is 2.47. The Morgan fingerprint density at radius 1 is 1.06 bits per heavy atom. The molecule has 2 aromatic rings. The lowest BCUT2D eigenvalue weighted by Gasteiger charge is -2.45. The first kappa shape index (κ1) is 25.4. The lowest BCUT2D eigenvalue weighted by atomic mass is 9.86. The van der Waals surface area contributed by atoms with Crippen molar-refractivity contribution in [2.24, 2.45) is 5.41 Å². The summed E-state index contributed by atoms with van der Waals surface area (Å²) in [5, 5.41) is 0. The number of carbonyl (C=O) groups excluding carboxylic acids is 2. The molecule has 0 N–H and O–H groups in total. The van der Waals surface area contributed by atoms with Gasteiger partial charge in [0.25, 0.3) is 0 Å². The number of ether oxygens (including phenoxy) is 3. The van der Waals surface area contributed by atoms with Gasteiger partial charge in [0.1, 0.15) is 0 Å². The van der Waals surface area contributed by atoms with Crippen LogP contribution in [0.1, 0.15) is 58.2 Å². The zero-order chi connectivity index (χ0) is 25.0. The average molecular weight is 469 g/mol. The minimum absolute atomic E-state index is 0.0117. The van der Waals surface area contributed by atoms with Crippen LogP contribution in [0.4, 0.5) is 10.5 Å². The summed E-state index contributed by atoms with van der Waals surface area (Å²) in [4.78, 5) is 30.3. The Hall–Kier alpha value is -3.22. The standard InChI is InChI=1S/C27H36N2O5/c1-8-34-26(31)28(17-19-12-10-9-11-13-19)21-14-18(2)29(25(30)27(3,4)5)22-16-24(33-7)23(32-6)15-20(21)22/h9-13,15-16,18,21H,8,14,17H2,1-7H3/t18-,21+/m0/s1. The topological polar surface area (TPSA) is 68.3 Å². The number of anilines is 1. The van der Waals surface area contributed by atoms with Crippen LogP contribution in [0.5, 0.6) is 11.5 Å². The Morgan fingerprint density at radius 2 is 1.68 bits per heavy atom. The molecule has 184 valence electrons. The smallest absolute Gasteiger partial charge is 0.410 e. The van der Waals surface area contributed by atoms with E-state index in [4.69, 9.17) is 14.2 Å². The third kappa shape index (κ3) is 5.13. The molecule has 34 heavy (non-hydrogen) atoms. The van der Waals surface area contributed by atoms with E-state index in [2.05, 4.69) is 0 Å². The third-order valence-corrected chi connectivity index (χ3v) is 6.09. The molecule has 2 amide bonds. The lowest BCUT2D eigenvalue weighted by Crippen LogP contribution is -2.50. The van der Waals surface area contributed by atoms with Crippen LogP contribution in [0.25, 0.3) is 0 Å². The molecule has 3 rings (SSSR count). The van der Waals surface area contributed by atoms with Gasteiger partial charge in [-0.1, -0.05) is 51.1 Å². The highest BCUT2D eigenvalue weighted by molar-refractivity contribution is 5.99. The summed E-state index contributed by atoms with van der Waals surface area (Å²) in [6, 6.07) is 13.1. The molecule has 2 aromatic carbocycles. The van der Waals surface area contributed by atoms with Crippen molar-refractivity contribution in [1.29, 1.82) is 0 Å². The fraction of sp³-hybridized carbons (Fsp3) is 0.481. The number of amides is 2. The molecular weight excluding hydrogens is 432 g/mol. The summed E-state index contributed by atoms with van der Waals surface area (Å²) in [5.74, 6) is 1.09. The Balaban J connectivity index is 2.18. The molecule has 1 aliphatic rings. The number of hydrogen-bond donors (Lipinski definition) is 0. The van der Waals surface area contributed by atoms with E-state index in [1.807, 2.05) is 75.1 Å². The Kier molecular flexibility index (Phi) is 7.75. The summed E-state index contributed by atoms with van der Waals surface area (Å²) in [7, 11) is 3.15. The van der Waals surface area contributed by atoms with E-state index in [9.17, 15) is 9.59 Å². The van der Waals surface area contributed by atoms with Gasteiger partial charge in [0.15, 0.2) is 11.5 Å². The average Bonchev–Trinajstić information content (AvgIpc) is 2.81. The normalized spacial score (nSPS) is 17.6. The van der Waals surface area contributed by atoms with Gasteiger partial charge in [0.2, 0.25) is 5.91 Å². The molecule has 1 aliphatic heterocycles. The van der Waals surface area contributed by atoms with E-state index < -0.39 is 5.41 Å². The summed E-state index contributed by atoms with van der Waals surface area (Å²) in [6.07, 6.45) is 0.176. The van der Waals surface area contributed by atoms with Gasteiger partial charge in [0, 0.05) is 29.6 Å². The fourth-order valence-electron chi connectivity index (χ4n) is 4.41. The van der Waals surface area contributed by atoms with Crippen LogP contribution in [0.2, 0.25) is 0 Å². The van der Waals surface area contributed by atoms with Crippen molar-refractivity contribution in [3.8, 4) is 11.5 Å². The maximum atomic E-state index is 13.5. The number of rotatable bonds is 6. The third-order valence-electron chi connectivity index (χ3n) is 6.09. The largest absolute Gasteiger partial charge is 0.493 e. The Bertz CT molecular complexity index is 1020. The second kappa shape index (κ2) is 10.4. The number of fused-ring (bicyclic) bond motifs is 1. The molecule has 0 spiro atoms. The van der Waals surface area contributed by atoms with Crippen LogP contribution >= 0.6 is 0 Å². The monoisotopic (exact) mass is 468 g/mol. The number of methoxy groups -OCH3 is 2. The van der Waals surface area contributed by atoms with E-state index in [0.717, 1.165) is 16.8 Å².